The molecule has 0 saturated carbocycles. The lowest BCUT2D eigenvalue weighted by molar-refractivity contribution is -0.172. The summed E-state index contributed by atoms with van der Waals surface area (Å²) < 4.78 is 9.72. The summed E-state index contributed by atoms with van der Waals surface area (Å²) in [6.45, 7) is 5.12. The Morgan fingerprint density at radius 1 is 0.875 bits per heavy atom. The van der Waals surface area contributed by atoms with Crippen LogP contribution in [0.4, 0.5) is 0 Å². The topological polar surface area (TPSA) is 52.6 Å². The first-order valence-electron chi connectivity index (χ1n) is 4.93. The van der Waals surface area contributed by atoms with Crippen molar-refractivity contribution in [1.29, 1.82) is 0 Å². The standard InChI is InChI=1S/C12H16O4/c1-4-7-10(13)15-12(9-6-3)16-11(14)8-5-2/h4-9,12H,1-3H3/b7-4+,8-5+,9-6+. The Hall–Kier alpha value is -1.84. The lowest BCUT2D eigenvalue weighted by atomic mass is 10.5. The highest BCUT2D eigenvalue weighted by Gasteiger charge is 2.12. The molecule has 4 heteroatoms. The fraction of sp³-hybridized carbons (Fsp3) is 0.333. The van der Waals surface area contributed by atoms with Crippen LogP contribution >= 0.6 is 0 Å². The molecule has 0 bridgehead atoms. The molecule has 0 aliphatic carbocycles. The first kappa shape index (κ1) is 14.2. The number of hydrogen-bond acceptors (Lipinski definition) is 4. The third-order valence-electron chi connectivity index (χ3n) is 1.42. The van der Waals surface area contributed by atoms with Gasteiger partial charge in [0.25, 0.3) is 6.29 Å². The fourth-order valence-corrected chi connectivity index (χ4v) is 0.839. The first-order chi connectivity index (χ1) is 7.63. The van der Waals surface area contributed by atoms with Crippen LogP contribution in [0.25, 0.3) is 0 Å². The lowest BCUT2D eigenvalue weighted by Crippen LogP contribution is -2.21. The van der Waals surface area contributed by atoms with Gasteiger partial charge in [-0.2, -0.15) is 0 Å². The molecule has 0 radical (unpaired) electrons. The Kier molecular flexibility index (Phi) is 7.49. The van der Waals surface area contributed by atoms with Crippen molar-refractivity contribution in [3.8, 4) is 0 Å². The van der Waals surface area contributed by atoms with Crippen LogP contribution in [0, 0.1) is 0 Å². The Morgan fingerprint density at radius 2 is 1.31 bits per heavy atom. The smallest absolute Gasteiger partial charge is 0.333 e. The van der Waals surface area contributed by atoms with Crippen LogP contribution in [0.15, 0.2) is 36.5 Å². The summed E-state index contributed by atoms with van der Waals surface area (Å²) in [7, 11) is 0. The van der Waals surface area contributed by atoms with Gasteiger partial charge in [0, 0.05) is 12.2 Å². The van der Waals surface area contributed by atoms with E-state index in [2.05, 4.69) is 0 Å². The van der Waals surface area contributed by atoms with E-state index in [1.54, 1.807) is 39.0 Å². The highest BCUT2D eigenvalue weighted by molar-refractivity contribution is 5.83. The minimum Gasteiger partial charge on any atom is -0.418 e. The Morgan fingerprint density at radius 3 is 1.62 bits per heavy atom. The summed E-state index contributed by atoms with van der Waals surface area (Å²) >= 11 is 0. The van der Waals surface area contributed by atoms with Crippen molar-refractivity contribution in [3.63, 3.8) is 0 Å². The second kappa shape index (κ2) is 8.47. The summed E-state index contributed by atoms with van der Waals surface area (Å²) in [5.41, 5.74) is 0. The van der Waals surface area contributed by atoms with Crippen molar-refractivity contribution in [2.45, 2.75) is 27.1 Å². The largest absolute Gasteiger partial charge is 0.418 e. The Bertz CT molecular complexity index is 287. The number of rotatable bonds is 5. The van der Waals surface area contributed by atoms with Crippen LogP contribution in [0.5, 0.6) is 0 Å². The van der Waals surface area contributed by atoms with E-state index in [1.807, 2.05) is 0 Å². The van der Waals surface area contributed by atoms with Crippen LogP contribution < -0.4 is 0 Å². The summed E-state index contributed by atoms with van der Waals surface area (Å²) in [5.74, 6) is -1.11. The summed E-state index contributed by atoms with van der Waals surface area (Å²) in [5, 5.41) is 0. The zero-order valence-corrected chi connectivity index (χ0v) is 9.67. The number of allylic oxidation sites excluding steroid dienone is 3. The maximum Gasteiger partial charge on any atom is 0.333 e. The van der Waals surface area contributed by atoms with Crippen molar-refractivity contribution in [3.05, 3.63) is 36.5 Å². The molecule has 88 valence electrons. The van der Waals surface area contributed by atoms with Crippen LogP contribution in [-0.2, 0) is 19.1 Å². The summed E-state index contributed by atoms with van der Waals surface area (Å²) in [6.07, 6.45) is 7.71. The molecule has 16 heavy (non-hydrogen) atoms. The van der Waals surface area contributed by atoms with Gasteiger partial charge in [-0.05, 0) is 26.8 Å². The molecule has 0 N–H and O–H groups in total. The highest BCUT2D eigenvalue weighted by Crippen LogP contribution is 2.00. The SMILES string of the molecule is C/C=C/C(=O)OC(/C=C/C)OC(=O)/C=C/C. The van der Waals surface area contributed by atoms with Gasteiger partial charge in [-0.15, -0.1) is 0 Å². The van der Waals surface area contributed by atoms with Crippen LogP contribution in [-0.4, -0.2) is 18.2 Å². The highest BCUT2D eigenvalue weighted by atomic mass is 16.7. The van der Waals surface area contributed by atoms with Crippen LogP contribution in [0.3, 0.4) is 0 Å². The number of ether oxygens (including phenoxy) is 2. The molecular weight excluding hydrogens is 208 g/mol. The molecule has 0 heterocycles. The number of esters is 2. The zero-order valence-electron chi connectivity index (χ0n) is 9.67. The first-order valence-corrected chi connectivity index (χ1v) is 4.93. The van der Waals surface area contributed by atoms with Gasteiger partial charge in [-0.25, -0.2) is 9.59 Å². The summed E-state index contributed by atoms with van der Waals surface area (Å²) in [6, 6.07) is 0. The normalized spacial score (nSPS) is 11.8. The quantitative estimate of drug-likeness (QED) is 0.310. The molecule has 0 unspecified atom stereocenters. The van der Waals surface area contributed by atoms with Gasteiger partial charge in [0.15, 0.2) is 0 Å². The summed E-state index contributed by atoms with van der Waals surface area (Å²) in [4.78, 5) is 22.2. The predicted octanol–water partition coefficient (Wildman–Crippen LogP) is 2.13. The Balaban J connectivity index is 4.38. The van der Waals surface area contributed by atoms with E-state index in [-0.39, 0.29) is 0 Å². The third kappa shape index (κ3) is 6.59. The van der Waals surface area contributed by atoms with Gasteiger partial charge in [0.2, 0.25) is 0 Å². The predicted molar refractivity (Wildman–Crippen MR) is 60.4 cm³/mol. The zero-order chi connectivity index (χ0) is 12.4. The van der Waals surface area contributed by atoms with E-state index in [0.29, 0.717) is 0 Å². The van der Waals surface area contributed by atoms with Crippen molar-refractivity contribution in [2.75, 3.05) is 0 Å². The monoisotopic (exact) mass is 224 g/mol. The molecule has 0 saturated heterocycles. The molecule has 0 atom stereocenters. The maximum atomic E-state index is 11.1. The van der Waals surface area contributed by atoms with Crippen LogP contribution in [0.1, 0.15) is 20.8 Å². The third-order valence-corrected chi connectivity index (χ3v) is 1.42. The number of carbonyl (C=O) groups is 2. The molecule has 0 aromatic heterocycles. The van der Waals surface area contributed by atoms with E-state index in [0.717, 1.165) is 0 Å². The average Bonchev–Trinajstić information content (AvgIpc) is 2.18. The van der Waals surface area contributed by atoms with E-state index in [1.165, 1.54) is 18.2 Å². The van der Waals surface area contributed by atoms with Gasteiger partial charge < -0.3 is 9.47 Å². The van der Waals surface area contributed by atoms with Crippen molar-refractivity contribution in [2.24, 2.45) is 0 Å². The van der Waals surface area contributed by atoms with E-state index in [9.17, 15) is 9.59 Å². The minimum atomic E-state index is -0.989. The van der Waals surface area contributed by atoms with Gasteiger partial charge in [0.05, 0.1) is 0 Å². The van der Waals surface area contributed by atoms with Gasteiger partial charge in [-0.1, -0.05) is 18.2 Å². The molecule has 0 aliphatic heterocycles. The van der Waals surface area contributed by atoms with E-state index in [4.69, 9.17) is 9.47 Å². The van der Waals surface area contributed by atoms with Crippen molar-refractivity contribution in [1.82, 2.24) is 0 Å². The molecule has 0 spiro atoms. The van der Waals surface area contributed by atoms with Gasteiger partial charge >= 0.3 is 11.9 Å². The van der Waals surface area contributed by atoms with Crippen molar-refractivity contribution < 1.29 is 19.1 Å². The van der Waals surface area contributed by atoms with Crippen molar-refractivity contribution >= 4 is 11.9 Å². The molecule has 4 nitrogen and oxygen atoms in total. The second-order valence-electron chi connectivity index (χ2n) is 2.77. The van der Waals surface area contributed by atoms with E-state index < -0.39 is 18.2 Å². The molecule has 0 aromatic rings. The lowest BCUT2D eigenvalue weighted by Gasteiger charge is -2.12. The number of hydrogen-bond donors (Lipinski definition) is 0. The van der Waals surface area contributed by atoms with E-state index >= 15 is 0 Å². The molecule has 0 rings (SSSR count). The fourth-order valence-electron chi connectivity index (χ4n) is 0.839. The maximum absolute atomic E-state index is 11.1. The average molecular weight is 224 g/mol. The second-order valence-corrected chi connectivity index (χ2v) is 2.77. The van der Waals surface area contributed by atoms with Gasteiger partial charge in [-0.3, -0.25) is 0 Å². The number of carbonyl (C=O) groups excluding carboxylic acids is 2. The Labute approximate surface area is 95.2 Å². The molecule has 0 aliphatic rings. The molecular formula is C12H16O4. The molecule has 0 amide bonds. The van der Waals surface area contributed by atoms with Crippen LogP contribution in [0.2, 0.25) is 0 Å². The minimum absolute atomic E-state index is 0.557. The molecule has 0 fully saturated rings. The molecule has 0 aromatic carbocycles. The van der Waals surface area contributed by atoms with Gasteiger partial charge in [0.1, 0.15) is 0 Å².